The van der Waals surface area contributed by atoms with Crippen molar-refractivity contribution in [1.82, 2.24) is 4.31 Å². The summed E-state index contributed by atoms with van der Waals surface area (Å²) in [5, 5.41) is 8.02. The summed E-state index contributed by atoms with van der Waals surface area (Å²) >= 11 is 0. The second-order valence-corrected chi connectivity index (χ2v) is 8.62. The molecule has 1 aliphatic heterocycles. The summed E-state index contributed by atoms with van der Waals surface area (Å²) in [6, 6.07) is 14.7. The van der Waals surface area contributed by atoms with E-state index in [0.717, 1.165) is 4.31 Å². The maximum Gasteiger partial charge on any atom is 0.265 e. The molecular weight excluding hydrogens is 380 g/mol. The number of sulfonamides is 1. The lowest BCUT2D eigenvalue weighted by molar-refractivity contribution is -0.127. The van der Waals surface area contributed by atoms with Crippen molar-refractivity contribution in [1.29, 1.82) is 0 Å². The number of carbonyl (C=O) groups excluding carboxylic acids is 2. The Balaban J connectivity index is 1.81. The molecule has 0 aliphatic carbocycles. The van der Waals surface area contributed by atoms with E-state index in [4.69, 9.17) is 0 Å². The lowest BCUT2D eigenvalue weighted by Gasteiger charge is -2.15. The number of nitrogens with one attached hydrogen (secondary N) is 1. The topological polar surface area (TPSA) is 99.1 Å². The van der Waals surface area contributed by atoms with E-state index >= 15 is 0 Å². The van der Waals surface area contributed by atoms with E-state index in [1.54, 1.807) is 37.3 Å². The predicted octanol–water partition coefficient (Wildman–Crippen LogP) is 1.91. The molecule has 1 atom stereocenters. The zero-order valence-corrected chi connectivity index (χ0v) is 16.5. The fourth-order valence-corrected chi connectivity index (χ4v) is 3.73. The van der Waals surface area contributed by atoms with Crippen LogP contribution in [0.15, 0.2) is 64.6 Å². The smallest absolute Gasteiger partial charge is 0.265 e. The highest BCUT2D eigenvalue weighted by atomic mass is 32.2. The first-order chi connectivity index (χ1) is 13.2. The zero-order chi connectivity index (χ0) is 20.5. The van der Waals surface area contributed by atoms with E-state index in [2.05, 4.69) is 10.4 Å². The van der Waals surface area contributed by atoms with Crippen LogP contribution in [0.25, 0.3) is 0 Å². The quantitative estimate of drug-likeness (QED) is 0.775. The van der Waals surface area contributed by atoms with E-state index in [-0.39, 0.29) is 10.6 Å². The predicted molar refractivity (Wildman–Crippen MR) is 106 cm³/mol. The highest BCUT2D eigenvalue weighted by Crippen LogP contribution is 2.25. The zero-order valence-electron chi connectivity index (χ0n) is 15.7. The average molecular weight is 400 g/mol. The Hall–Kier alpha value is -3.04. The molecule has 1 unspecified atom stereocenters. The molecule has 1 N–H and O–H groups in total. The van der Waals surface area contributed by atoms with Crippen LogP contribution in [0.1, 0.15) is 6.92 Å². The summed E-state index contributed by atoms with van der Waals surface area (Å²) in [5.74, 6) is -2.10. The molecule has 9 heteroatoms. The normalized spacial score (nSPS) is 17.0. The number of anilines is 2. The number of rotatable bonds is 5. The highest BCUT2D eigenvalue weighted by molar-refractivity contribution is 7.89. The Kier molecular flexibility index (Phi) is 5.30. The van der Waals surface area contributed by atoms with Gasteiger partial charge in [-0.2, -0.15) is 10.1 Å². The molecule has 0 radical (unpaired) electrons. The van der Waals surface area contributed by atoms with Gasteiger partial charge in [-0.15, -0.1) is 0 Å². The van der Waals surface area contributed by atoms with Gasteiger partial charge >= 0.3 is 0 Å². The summed E-state index contributed by atoms with van der Waals surface area (Å²) in [6.07, 6.45) is 0. The molecule has 1 heterocycles. The summed E-state index contributed by atoms with van der Waals surface area (Å²) in [7, 11) is -0.785. The fraction of sp³-hybridized carbons (Fsp3) is 0.211. The first-order valence-electron chi connectivity index (χ1n) is 8.49. The van der Waals surface area contributed by atoms with Crippen LogP contribution in [-0.2, 0) is 19.6 Å². The number of hydrogen-bond acceptors (Lipinski definition) is 5. The van der Waals surface area contributed by atoms with Gasteiger partial charge in [0.2, 0.25) is 15.9 Å². The minimum absolute atomic E-state index is 0.0457. The molecule has 2 aromatic rings. The van der Waals surface area contributed by atoms with Gasteiger partial charge in [0.05, 0.1) is 16.3 Å². The molecule has 0 saturated carbocycles. The number of amides is 2. The van der Waals surface area contributed by atoms with Gasteiger partial charge in [0.25, 0.3) is 5.91 Å². The molecule has 3 rings (SSSR count). The van der Waals surface area contributed by atoms with Crippen molar-refractivity contribution in [2.24, 2.45) is 11.0 Å². The third-order valence-electron chi connectivity index (χ3n) is 4.27. The molecule has 0 bridgehead atoms. The third kappa shape index (κ3) is 3.67. The summed E-state index contributed by atoms with van der Waals surface area (Å²) in [6.45, 7) is 1.61. The lowest BCUT2D eigenvalue weighted by Crippen LogP contribution is -2.36. The van der Waals surface area contributed by atoms with Gasteiger partial charge in [-0.1, -0.05) is 24.3 Å². The third-order valence-corrected chi connectivity index (χ3v) is 6.09. The second-order valence-electron chi connectivity index (χ2n) is 6.46. The molecule has 0 spiro atoms. The van der Waals surface area contributed by atoms with Crippen LogP contribution < -0.4 is 10.3 Å². The average Bonchev–Trinajstić information content (AvgIpc) is 2.96. The van der Waals surface area contributed by atoms with E-state index < -0.39 is 27.8 Å². The standard InChI is InChI=1S/C19H20N4O4S/c1-13-17(19(25)23(21-13)15-9-5-4-6-10-15)18(24)20-14-8-7-11-16(12-14)28(26,27)22(2)3/h4-12,17H,1-3H3,(H,20,24). The Labute approximate surface area is 163 Å². The van der Waals surface area contributed by atoms with Crippen molar-refractivity contribution in [3.63, 3.8) is 0 Å². The highest BCUT2D eigenvalue weighted by Gasteiger charge is 2.39. The molecule has 8 nitrogen and oxygen atoms in total. The molecular formula is C19H20N4O4S. The van der Waals surface area contributed by atoms with Crippen LogP contribution in [0.3, 0.4) is 0 Å². The van der Waals surface area contributed by atoms with Gasteiger partial charge in [-0.05, 0) is 37.3 Å². The van der Waals surface area contributed by atoms with Crippen molar-refractivity contribution >= 4 is 38.9 Å². The van der Waals surface area contributed by atoms with Crippen molar-refractivity contribution in [2.45, 2.75) is 11.8 Å². The molecule has 0 aromatic heterocycles. The van der Waals surface area contributed by atoms with Gasteiger partial charge in [0.1, 0.15) is 0 Å². The van der Waals surface area contributed by atoms with Gasteiger partial charge in [0, 0.05) is 19.8 Å². The summed E-state index contributed by atoms with van der Waals surface area (Å²) < 4.78 is 25.6. The fourth-order valence-electron chi connectivity index (χ4n) is 2.78. The van der Waals surface area contributed by atoms with Crippen molar-refractivity contribution in [3.8, 4) is 0 Å². The SMILES string of the molecule is CC1=NN(c2ccccc2)C(=O)C1C(=O)Nc1cccc(S(=O)(=O)N(C)C)c1. The molecule has 1 aliphatic rings. The van der Waals surface area contributed by atoms with Crippen LogP contribution in [0.2, 0.25) is 0 Å². The van der Waals surface area contributed by atoms with Crippen LogP contribution in [0.5, 0.6) is 0 Å². The van der Waals surface area contributed by atoms with Crippen LogP contribution in [-0.4, -0.2) is 44.3 Å². The number of para-hydroxylation sites is 1. The first-order valence-corrected chi connectivity index (χ1v) is 9.93. The number of hydrazone groups is 1. The second kappa shape index (κ2) is 7.53. The number of hydrogen-bond donors (Lipinski definition) is 1. The molecule has 0 saturated heterocycles. The van der Waals surface area contributed by atoms with E-state index in [0.29, 0.717) is 11.4 Å². The van der Waals surface area contributed by atoms with Crippen LogP contribution in [0, 0.1) is 5.92 Å². The van der Waals surface area contributed by atoms with Crippen LogP contribution in [0.4, 0.5) is 11.4 Å². The molecule has 2 amide bonds. The Morgan fingerprint density at radius 3 is 2.43 bits per heavy atom. The monoisotopic (exact) mass is 400 g/mol. The van der Waals surface area contributed by atoms with Crippen molar-refractivity contribution in [2.75, 3.05) is 24.4 Å². The van der Waals surface area contributed by atoms with Crippen molar-refractivity contribution in [3.05, 3.63) is 54.6 Å². The first kappa shape index (κ1) is 19.7. The van der Waals surface area contributed by atoms with Gasteiger partial charge < -0.3 is 5.32 Å². The largest absolute Gasteiger partial charge is 0.325 e. The number of benzene rings is 2. The molecule has 28 heavy (non-hydrogen) atoms. The number of carbonyl (C=O) groups is 2. The molecule has 0 fully saturated rings. The van der Waals surface area contributed by atoms with Gasteiger partial charge in [0.15, 0.2) is 5.92 Å². The molecule has 2 aromatic carbocycles. The minimum atomic E-state index is -3.64. The van der Waals surface area contributed by atoms with E-state index in [1.165, 1.54) is 37.3 Å². The van der Waals surface area contributed by atoms with E-state index in [9.17, 15) is 18.0 Å². The van der Waals surface area contributed by atoms with Gasteiger partial charge in [-0.3, -0.25) is 9.59 Å². The number of nitrogens with zero attached hydrogens (tertiary/aromatic N) is 3. The van der Waals surface area contributed by atoms with Crippen LogP contribution >= 0.6 is 0 Å². The maximum atomic E-state index is 12.7. The summed E-state index contributed by atoms with van der Waals surface area (Å²) in [5.41, 5.74) is 1.22. The lowest BCUT2D eigenvalue weighted by atomic mass is 10.0. The molecule has 146 valence electrons. The van der Waals surface area contributed by atoms with Gasteiger partial charge in [-0.25, -0.2) is 12.7 Å². The maximum absolute atomic E-state index is 12.7. The Bertz CT molecular complexity index is 1050. The summed E-state index contributed by atoms with van der Waals surface area (Å²) in [4.78, 5) is 25.5. The van der Waals surface area contributed by atoms with E-state index in [1.807, 2.05) is 6.07 Å². The Morgan fingerprint density at radius 2 is 1.79 bits per heavy atom. The minimum Gasteiger partial charge on any atom is -0.325 e. The van der Waals surface area contributed by atoms with Crippen molar-refractivity contribution < 1.29 is 18.0 Å². The Morgan fingerprint density at radius 1 is 1.11 bits per heavy atom.